The summed E-state index contributed by atoms with van der Waals surface area (Å²) in [4.78, 5) is 11.5. The third kappa shape index (κ3) is 2.75. The van der Waals surface area contributed by atoms with Crippen molar-refractivity contribution < 1.29 is 18.3 Å². The molecule has 0 radical (unpaired) electrons. The molecule has 0 atom stereocenters. The van der Waals surface area contributed by atoms with Gasteiger partial charge in [-0.05, 0) is 24.1 Å². The van der Waals surface area contributed by atoms with Crippen molar-refractivity contribution in [3.63, 3.8) is 0 Å². The Morgan fingerprint density at radius 1 is 1.35 bits per heavy atom. The van der Waals surface area contributed by atoms with Crippen molar-refractivity contribution in [3.8, 4) is 0 Å². The number of hydrogen-bond acceptors (Lipinski definition) is 4. The van der Waals surface area contributed by atoms with E-state index in [1.54, 1.807) is 22.9 Å². The third-order valence-electron chi connectivity index (χ3n) is 4.01. The number of carboxylic acid groups (broad SMARTS) is 1. The fourth-order valence-corrected chi connectivity index (χ4v) is 4.14. The van der Waals surface area contributed by atoms with Crippen molar-refractivity contribution in [2.24, 2.45) is 0 Å². The second kappa shape index (κ2) is 5.78. The summed E-state index contributed by atoms with van der Waals surface area (Å²) in [5, 5.41) is 13.2. The first-order chi connectivity index (χ1) is 10.9. The predicted octanol–water partition coefficient (Wildman–Crippen LogP) is 1.35. The summed E-state index contributed by atoms with van der Waals surface area (Å²) in [6.45, 7) is 2.59. The Kier molecular flexibility index (Phi) is 3.95. The van der Waals surface area contributed by atoms with E-state index in [1.807, 2.05) is 13.0 Å². The molecule has 0 bridgehead atoms. The van der Waals surface area contributed by atoms with E-state index in [-0.39, 0.29) is 23.5 Å². The molecule has 1 aliphatic heterocycles. The van der Waals surface area contributed by atoms with Gasteiger partial charge in [0.2, 0.25) is 10.0 Å². The minimum Gasteiger partial charge on any atom is -0.478 e. The van der Waals surface area contributed by atoms with Crippen LogP contribution in [-0.2, 0) is 29.5 Å². The second-order valence-corrected chi connectivity index (χ2v) is 7.31. The zero-order valence-corrected chi connectivity index (χ0v) is 13.5. The van der Waals surface area contributed by atoms with Crippen LogP contribution in [0.1, 0.15) is 28.5 Å². The molecule has 2 heterocycles. The molecule has 2 aromatic rings. The highest BCUT2D eigenvalue weighted by atomic mass is 32.2. The van der Waals surface area contributed by atoms with Crippen LogP contribution in [0.2, 0.25) is 0 Å². The largest absolute Gasteiger partial charge is 0.478 e. The number of sulfonamides is 1. The normalized spacial score (nSPS) is 15.3. The van der Waals surface area contributed by atoms with Crippen LogP contribution in [0.3, 0.4) is 0 Å². The molecule has 0 amide bonds. The van der Waals surface area contributed by atoms with Gasteiger partial charge in [0, 0.05) is 6.54 Å². The van der Waals surface area contributed by atoms with Gasteiger partial charge in [-0.2, -0.15) is 9.40 Å². The number of hydrogen-bond donors (Lipinski definition) is 1. The average Bonchev–Trinajstić information content (AvgIpc) is 2.98. The van der Waals surface area contributed by atoms with E-state index in [2.05, 4.69) is 5.10 Å². The number of aromatic nitrogens is 2. The quantitative estimate of drug-likeness (QED) is 0.910. The number of carbonyl (C=O) groups is 1. The number of rotatable bonds is 4. The van der Waals surface area contributed by atoms with Crippen LogP contribution in [0.5, 0.6) is 0 Å². The minimum absolute atomic E-state index is 0.0142. The Hall–Kier alpha value is -2.19. The van der Waals surface area contributed by atoms with Crippen LogP contribution in [-0.4, -0.2) is 40.1 Å². The van der Waals surface area contributed by atoms with Crippen molar-refractivity contribution >= 4 is 16.0 Å². The van der Waals surface area contributed by atoms with Gasteiger partial charge in [0.15, 0.2) is 0 Å². The lowest BCUT2D eigenvalue weighted by Crippen LogP contribution is -2.39. The number of carboxylic acids is 1. The standard InChI is InChI=1S/C15H17N3O4S/c1-2-11-4-3-5-12(8-11)23(21,22)17-6-7-18-14(10-17)13(9-16-18)15(19)20/h3-5,8-9H,2,6-7,10H2,1H3,(H,19,20). The molecule has 7 nitrogen and oxygen atoms in total. The summed E-state index contributed by atoms with van der Waals surface area (Å²) in [7, 11) is -3.66. The molecule has 1 aromatic carbocycles. The molecular weight excluding hydrogens is 318 g/mol. The number of aryl methyl sites for hydroxylation is 1. The maximum absolute atomic E-state index is 12.8. The Morgan fingerprint density at radius 3 is 2.83 bits per heavy atom. The number of fused-ring (bicyclic) bond motifs is 1. The first-order valence-corrected chi connectivity index (χ1v) is 8.74. The number of aromatic carboxylic acids is 1. The van der Waals surface area contributed by atoms with E-state index in [0.29, 0.717) is 12.2 Å². The maximum atomic E-state index is 12.8. The fraction of sp³-hybridized carbons (Fsp3) is 0.333. The third-order valence-corrected chi connectivity index (χ3v) is 5.85. The van der Waals surface area contributed by atoms with Crippen LogP contribution in [0.4, 0.5) is 0 Å². The molecular formula is C15H17N3O4S. The topological polar surface area (TPSA) is 92.5 Å². The Morgan fingerprint density at radius 2 is 2.13 bits per heavy atom. The van der Waals surface area contributed by atoms with Crippen molar-refractivity contribution in [1.29, 1.82) is 0 Å². The molecule has 0 fully saturated rings. The SMILES string of the molecule is CCc1cccc(S(=O)(=O)N2CCn3ncc(C(=O)O)c3C2)c1. The van der Waals surface area contributed by atoms with Crippen LogP contribution >= 0.6 is 0 Å². The van der Waals surface area contributed by atoms with Gasteiger partial charge in [-0.3, -0.25) is 4.68 Å². The van der Waals surface area contributed by atoms with E-state index in [0.717, 1.165) is 12.0 Å². The Balaban J connectivity index is 1.95. The lowest BCUT2D eigenvalue weighted by molar-refractivity contribution is 0.0694. The van der Waals surface area contributed by atoms with Gasteiger partial charge in [-0.25, -0.2) is 13.2 Å². The van der Waals surface area contributed by atoms with Crippen LogP contribution in [0.15, 0.2) is 35.4 Å². The van der Waals surface area contributed by atoms with Crippen molar-refractivity contribution in [1.82, 2.24) is 14.1 Å². The molecule has 0 spiro atoms. The molecule has 0 aliphatic carbocycles. The zero-order valence-electron chi connectivity index (χ0n) is 12.6. The first-order valence-electron chi connectivity index (χ1n) is 7.30. The summed E-state index contributed by atoms with van der Waals surface area (Å²) >= 11 is 0. The molecule has 0 saturated heterocycles. The van der Waals surface area contributed by atoms with Crippen LogP contribution in [0.25, 0.3) is 0 Å². The van der Waals surface area contributed by atoms with Gasteiger partial charge in [0.05, 0.1) is 29.9 Å². The van der Waals surface area contributed by atoms with E-state index in [4.69, 9.17) is 0 Å². The molecule has 1 aliphatic rings. The fourth-order valence-electron chi connectivity index (χ4n) is 2.68. The van der Waals surface area contributed by atoms with Gasteiger partial charge < -0.3 is 5.11 Å². The molecule has 0 unspecified atom stereocenters. The highest BCUT2D eigenvalue weighted by Gasteiger charge is 2.31. The van der Waals surface area contributed by atoms with Gasteiger partial charge in [-0.1, -0.05) is 19.1 Å². The molecule has 3 rings (SSSR count). The minimum atomic E-state index is -3.66. The van der Waals surface area contributed by atoms with Crippen molar-refractivity contribution in [2.75, 3.05) is 6.54 Å². The lowest BCUT2D eigenvalue weighted by Gasteiger charge is -2.27. The van der Waals surface area contributed by atoms with Crippen LogP contribution < -0.4 is 0 Å². The number of benzene rings is 1. The van der Waals surface area contributed by atoms with E-state index >= 15 is 0 Å². The number of nitrogens with zero attached hydrogens (tertiary/aromatic N) is 3. The average molecular weight is 335 g/mol. The van der Waals surface area contributed by atoms with Gasteiger partial charge in [0.1, 0.15) is 5.56 Å². The smallest absolute Gasteiger partial charge is 0.339 e. The van der Waals surface area contributed by atoms with Crippen molar-refractivity contribution in [3.05, 3.63) is 47.3 Å². The molecule has 23 heavy (non-hydrogen) atoms. The van der Waals surface area contributed by atoms with Crippen molar-refractivity contribution in [2.45, 2.75) is 31.3 Å². The highest BCUT2D eigenvalue weighted by Crippen LogP contribution is 2.24. The van der Waals surface area contributed by atoms with Gasteiger partial charge in [0.25, 0.3) is 0 Å². The highest BCUT2D eigenvalue weighted by molar-refractivity contribution is 7.89. The molecule has 1 aromatic heterocycles. The Bertz CT molecular complexity index is 857. The van der Waals surface area contributed by atoms with E-state index in [1.165, 1.54) is 10.5 Å². The summed E-state index contributed by atoms with van der Waals surface area (Å²) in [5.74, 6) is -1.10. The molecule has 122 valence electrons. The predicted molar refractivity (Wildman–Crippen MR) is 82.6 cm³/mol. The zero-order chi connectivity index (χ0) is 16.6. The van der Waals surface area contributed by atoms with Crippen LogP contribution in [0, 0.1) is 0 Å². The monoisotopic (exact) mass is 335 g/mol. The first kappa shape index (κ1) is 15.7. The lowest BCUT2D eigenvalue weighted by atomic mass is 10.2. The molecule has 1 N–H and O–H groups in total. The second-order valence-electron chi connectivity index (χ2n) is 5.37. The molecule has 0 saturated carbocycles. The molecule has 8 heteroatoms. The summed E-state index contributed by atoms with van der Waals surface area (Å²) in [6.07, 6.45) is 2.02. The van der Waals surface area contributed by atoms with Gasteiger partial charge >= 0.3 is 5.97 Å². The summed E-state index contributed by atoms with van der Waals surface area (Å²) in [5.41, 5.74) is 1.41. The maximum Gasteiger partial charge on any atom is 0.339 e. The van der Waals surface area contributed by atoms with E-state index < -0.39 is 16.0 Å². The Labute approximate surface area is 134 Å². The summed E-state index contributed by atoms with van der Waals surface area (Å²) in [6, 6.07) is 6.84. The van der Waals surface area contributed by atoms with E-state index in [9.17, 15) is 18.3 Å². The van der Waals surface area contributed by atoms with Gasteiger partial charge in [-0.15, -0.1) is 0 Å². The summed E-state index contributed by atoms with van der Waals surface area (Å²) < 4.78 is 28.5.